The fraction of sp³-hybridized carbons (Fsp3) is 1.00. The first-order valence-corrected chi connectivity index (χ1v) is 5.56. The maximum Gasteiger partial charge on any atom is 0.0933 e. The Labute approximate surface area is 91.8 Å². The van der Waals surface area contributed by atoms with Crippen LogP contribution < -0.4 is 0 Å². The van der Waals surface area contributed by atoms with E-state index >= 15 is 0 Å². The molecule has 0 aromatic heterocycles. The van der Waals surface area contributed by atoms with Gasteiger partial charge in [-0.05, 0) is 6.92 Å². The average Bonchev–Trinajstić information content (AvgIpc) is 2.21. The van der Waals surface area contributed by atoms with Crippen molar-refractivity contribution in [2.45, 2.75) is 32.9 Å². The van der Waals surface area contributed by atoms with Crippen molar-refractivity contribution in [2.75, 3.05) is 32.9 Å². The predicted molar refractivity (Wildman–Crippen MR) is 58.7 cm³/mol. The quantitative estimate of drug-likeness (QED) is 0.700. The molecule has 0 radical (unpaired) electrons. The van der Waals surface area contributed by atoms with Crippen LogP contribution in [0.1, 0.15) is 20.8 Å². The van der Waals surface area contributed by atoms with Crippen LogP contribution in [0, 0.1) is 5.41 Å². The van der Waals surface area contributed by atoms with Crippen LogP contribution in [-0.2, 0) is 4.74 Å². The number of aliphatic hydroxyl groups excluding tert-OH is 2. The lowest BCUT2D eigenvalue weighted by molar-refractivity contribution is -0.0888. The smallest absolute Gasteiger partial charge is 0.0933 e. The molecule has 1 fully saturated rings. The van der Waals surface area contributed by atoms with E-state index in [1.807, 2.05) is 13.8 Å². The fourth-order valence-electron chi connectivity index (χ4n) is 1.81. The van der Waals surface area contributed by atoms with E-state index in [1.165, 1.54) is 0 Å². The molecule has 1 saturated heterocycles. The Bertz CT molecular complexity index is 196. The number of ether oxygens (including phenoxy) is 1. The van der Waals surface area contributed by atoms with Crippen LogP contribution in [0.3, 0.4) is 0 Å². The summed E-state index contributed by atoms with van der Waals surface area (Å²) in [5.74, 6) is 0. The monoisotopic (exact) mass is 217 g/mol. The Morgan fingerprint density at radius 3 is 2.60 bits per heavy atom. The molecule has 4 heteroatoms. The summed E-state index contributed by atoms with van der Waals surface area (Å²) in [6.45, 7) is 8.70. The molecule has 90 valence electrons. The van der Waals surface area contributed by atoms with Gasteiger partial charge in [0.15, 0.2) is 0 Å². The van der Waals surface area contributed by atoms with E-state index in [4.69, 9.17) is 9.84 Å². The van der Waals surface area contributed by atoms with Gasteiger partial charge in [0.2, 0.25) is 0 Å². The second-order valence-electron chi connectivity index (χ2n) is 5.24. The summed E-state index contributed by atoms with van der Waals surface area (Å²) in [5.41, 5.74) is -0.0917. The molecule has 0 spiro atoms. The van der Waals surface area contributed by atoms with Crippen molar-refractivity contribution in [1.29, 1.82) is 0 Å². The van der Waals surface area contributed by atoms with Crippen LogP contribution in [-0.4, -0.2) is 60.2 Å². The summed E-state index contributed by atoms with van der Waals surface area (Å²) in [4.78, 5) is 2.28. The van der Waals surface area contributed by atoms with Gasteiger partial charge in [-0.25, -0.2) is 0 Å². The molecule has 1 heterocycles. The molecule has 0 aliphatic carbocycles. The van der Waals surface area contributed by atoms with Crippen molar-refractivity contribution in [3.05, 3.63) is 0 Å². The summed E-state index contributed by atoms with van der Waals surface area (Å²) in [5, 5.41) is 18.3. The largest absolute Gasteiger partial charge is 0.396 e. The highest BCUT2D eigenvalue weighted by molar-refractivity contribution is 4.82. The summed E-state index contributed by atoms with van der Waals surface area (Å²) in [6, 6.07) is 0.360. The zero-order valence-electron chi connectivity index (χ0n) is 9.94. The Balaban J connectivity index is 2.51. The van der Waals surface area contributed by atoms with Gasteiger partial charge in [-0.1, -0.05) is 13.8 Å². The Morgan fingerprint density at radius 1 is 1.40 bits per heavy atom. The van der Waals surface area contributed by atoms with Crippen LogP contribution in [0.25, 0.3) is 0 Å². The van der Waals surface area contributed by atoms with Crippen molar-refractivity contribution in [2.24, 2.45) is 5.41 Å². The molecule has 2 atom stereocenters. The Kier molecular flexibility index (Phi) is 4.52. The number of nitrogens with zero attached hydrogens (tertiary/aromatic N) is 1. The average molecular weight is 217 g/mol. The second kappa shape index (κ2) is 5.25. The third kappa shape index (κ3) is 3.72. The van der Waals surface area contributed by atoms with Gasteiger partial charge in [0.25, 0.3) is 0 Å². The maximum atomic E-state index is 9.23. The summed E-state index contributed by atoms with van der Waals surface area (Å²) < 4.78 is 5.46. The standard InChI is InChI=1S/C11H23NO3/c1-9-6-15-10(5-13)4-12(9)7-11(2,3)8-14/h9-10,13-14H,4-8H2,1-3H3. The molecule has 0 amide bonds. The van der Waals surface area contributed by atoms with E-state index in [0.29, 0.717) is 12.6 Å². The maximum absolute atomic E-state index is 9.23. The van der Waals surface area contributed by atoms with Gasteiger partial charge in [-0.3, -0.25) is 4.90 Å². The van der Waals surface area contributed by atoms with Crippen molar-refractivity contribution in [1.82, 2.24) is 4.90 Å². The molecule has 1 aliphatic rings. The van der Waals surface area contributed by atoms with Gasteiger partial charge in [0.1, 0.15) is 0 Å². The van der Waals surface area contributed by atoms with Crippen molar-refractivity contribution in [3.8, 4) is 0 Å². The first-order valence-electron chi connectivity index (χ1n) is 5.56. The lowest BCUT2D eigenvalue weighted by Crippen LogP contribution is -2.52. The molecule has 0 aromatic carbocycles. The van der Waals surface area contributed by atoms with Crippen molar-refractivity contribution in [3.63, 3.8) is 0 Å². The topological polar surface area (TPSA) is 52.9 Å². The SMILES string of the molecule is CC1COC(CO)CN1CC(C)(C)CO. The highest BCUT2D eigenvalue weighted by atomic mass is 16.5. The van der Waals surface area contributed by atoms with Crippen LogP contribution in [0.15, 0.2) is 0 Å². The molecule has 0 aromatic rings. The molecule has 2 N–H and O–H groups in total. The van der Waals surface area contributed by atoms with Gasteiger partial charge < -0.3 is 14.9 Å². The number of hydrogen-bond acceptors (Lipinski definition) is 4. The van der Waals surface area contributed by atoms with Gasteiger partial charge in [-0.15, -0.1) is 0 Å². The van der Waals surface area contributed by atoms with Crippen LogP contribution in [0.5, 0.6) is 0 Å². The highest BCUT2D eigenvalue weighted by Crippen LogP contribution is 2.20. The molecule has 1 rings (SSSR count). The molecule has 0 saturated carbocycles. The van der Waals surface area contributed by atoms with E-state index in [1.54, 1.807) is 0 Å². The van der Waals surface area contributed by atoms with Crippen LogP contribution >= 0.6 is 0 Å². The molecule has 2 unspecified atom stereocenters. The number of morpholine rings is 1. The van der Waals surface area contributed by atoms with Crippen LogP contribution in [0.4, 0.5) is 0 Å². The number of rotatable bonds is 4. The third-order valence-electron chi connectivity index (χ3n) is 2.90. The van der Waals surface area contributed by atoms with E-state index in [2.05, 4.69) is 11.8 Å². The van der Waals surface area contributed by atoms with E-state index in [-0.39, 0.29) is 24.7 Å². The molecule has 15 heavy (non-hydrogen) atoms. The van der Waals surface area contributed by atoms with Crippen LogP contribution in [0.2, 0.25) is 0 Å². The third-order valence-corrected chi connectivity index (χ3v) is 2.90. The van der Waals surface area contributed by atoms with E-state index in [9.17, 15) is 5.11 Å². The van der Waals surface area contributed by atoms with E-state index < -0.39 is 0 Å². The first kappa shape index (κ1) is 12.9. The van der Waals surface area contributed by atoms with Gasteiger partial charge in [-0.2, -0.15) is 0 Å². The van der Waals surface area contributed by atoms with Gasteiger partial charge in [0.05, 0.1) is 19.3 Å². The van der Waals surface area contributed by atoms with Gasteiger partial charge in [0, 0.05) is 31.2 Å². The second-order valence-corrected chi connectivity index (χ2v) is 5.24. The molecule has 1 aliphatic heterocycles. The van der Waals surface area contributed by atoms with Crippen molar-refractivity contribution >= 4 is 0 Å². The fourth-order valence-corrected chi connectivity index (χ4v) is 1.81. The normalized spacial score (nSPS) is 29.4. The minimum atomic E-state index is -0.0917. The Hall–Kier alpha value is -0.160. The summed E-state index contributed by atoms with van der Waals surface area (Å²) in [7, 11) is 0. The zero-order valence-corrected chi connectivity index (χ0v) is 9.94. The molecule has 4 nitrogen and oxygen atoms in total. The lowest BCUT2D eigenvalue weighted by Gasteiger charge is -2.41. The van der Waals surface area contributed by atoms with Gasteiger partial charge >= 0.3 is 0 Å². The molecule has 0 bridgehead atoms. The minimum Gasteiger partial charge on any atom is -0.396 e. The first-order chi connectivity index (χ1) is 6.98. The zero-order chi connectivity index (χ0) is 11.5. The molecular formula is C11H23NO3. The molecular weight excluding hydrogens is 194 g/mol. The minimum absolute atomic E-state index is 0.0722. The Morgan fingerprint density at radius 2 is 2.07 bits per heavy atom. The highest BCUT2D eigenvalue weighted by Gasteiger charge is 2.30. The summed E-state index contributed by atoms with van der Waals surface area (Å²) in [6.07, 6.45) is -0.0734. The number of aliphatic hydroxyl groups is 2. The van der Waals surface area contributed by atoms with Crippen molar-refractivity contribution < 1.29 is 14.9 Å². The summed E-state index contributed by atoms with van der Waals surface area (Å²) >= 11 is 0. The predicted octanol–water partition coefficient (Wildman–Crippen LogP) is 0.0865. The van der Waals surface area contributed by atoms with E-state index in [0.717, 1.165) is 13.1 Å². The number of hydrogen-bond donors (Lipinski definition) is 2. The lowest BCUT2D eigenvalue weighted by atomic mass is 9.93.